The standard InChI is InChI=1S/C16H23NO3/c1-3-19-14-9-7-13(8-10-14)15-6-5-11-17(15)12-16(18)20-4-2/h7-10,15H,3-6,11-12H2,1-2H3. The van der Waals surface area contributed by atoms with E-state index >= 15 is 0 Å². The highest BCUT2D eigenvalue weighted by molar-refractivity contribution is 5.71. The van der Waals surface area contributed by atoms with Crippen LogP contribution in [0.5, 0.6) is 5.75 Å². The smallest absolute Gasteiger partial charge is 0.320 e. The molecule has 1 aromatic carbocycles. The van der Waals surface area contributed by atoms with E-state index in [1.807, 2.05) is 26.0 Å². The van der Waals surface area contributed by atoms with Gasteiger partial charge in [0.1, 0.15) is 5.75 Å². The minimum absolute atomic E-state index is 0.134. The SMILES string of the molecule is CCOC(=O)CN1CCCC1c1ccc(OCC)cc1. The lowest BCUT2D eigenvalue weighted by molar-refractivity contribution is -0.144. The molecule has 1 aromatic rings. The number of ether oxygens (including phenoxy) is 2. The number of benzene rings is 1. The summed E-state index contributed by atoms with van der Waals surface area (Å²) in [7, 11) is 0. The van der Waals surface area contributed by atoms with Crippen molar-refractivity contribution in [3.63, 3.8) is 0 Å². The first-order valence-electron chi connectivity index (χ1n) is 7.37. The molecule has 0 aliphatic carbocycles. The molecule has 1 aliphatic rings. The molecule has 1 aliphatic heterocycles. The van der Waals surface area contributed by atoms with E-state index in [-0.39, 0.29) is 5.97 Å². The molecule has 0 aromatic heterocycles. The summed E-state index contributed by atoms with van der Waals surface area (Å²) in [6.45, 7) is 6.28. The molecule has 110 valence electrons. The van der Waals surface area contributed by atoms with Crippen LogP contribution in [0, 0.1) is 0 Å². The van der Waals surface area contributed by atoms with E-state index in [2.05, 4.69) is 17.0 Å². The third-order valence-corrected chi connectivity index (χ3v) is 3.58. The fourth-order valence-electron chi connectivity index (χ4n) is 2.72. The number of carbonyl (C=O) groups excluding carboxylic acids is 1. The molecular weight excluding hydrogens is 254 g/mol. The van der Waals surface area contributed by atoms with Crippen LogP contribution in [-0.4, -0.2) is 37.2 Å². The molecule has 0 N–H and O–H groups in total. The van der Waals surface area contributed by atoms with Gasteiger partial charge in [-0.15, -0.1) is 0 Å². The van der Waals surface area contributed by atoms with Crippen molar-refractivity contribution in [1.82, 2.24) is 4.90 Å². The molecule has 1 saturated heterocycles. The van der Waals surface area contributed by atoms with Gasteiger partial charge in [-0.3, -0.25) is 9.69 Å². The van der Waals surface area contributed by atoms with E-state index in [1.54, 1.807) is 0 Å². The summed E-state index contributed by atoms with van der Waals surface area (Å²) in [5.74, 6) is 0.761. The third-order valence-electron chi connectivity index (χ3n) is 3.58. The number of carbonyl (C=O) groups is 1. The van der Waals surface area contributed by atoms with E-state index < -0.39 is 0 Å². The monoisotopic (exact) mass is 277 g/mol. The van der Waals surface area contributed by atoms with Gasteiger partial charge in [-0.05, 0) is 50.9 Å². The van der Waals surface area contributed by atoms with E-state index in [4.69, 9.17) is 9.47 Å². The predicted octanol–water partition coefficient (Wildman–Crippen LogP) is 2.79. The van der Waals surface area contributed by atoms with Crippen molar-refractivity contribution in [1.29, 1.82) is 0 Å². The second-order valence-electron chi connectivity index (χ2n) is 4.94. The second-order valence-corrected chi connectivity index (χ2v) is 4.94. The van der Waals surface area contributed by atoms with Gasteiger partial charge in [0.2, 0.25) is 0 Å². The zero-order valence-corrected chi connectivity index (χ0v) is 12.3. The Labute approximate surface area is 120 Å². The van der Waals surface area contributed by atoms with Gasteiger partial charge in [-0.25, -0.2) is 0 Å². The molecule has 0 bridgehead atoms. The predicted molar refractivity (Wildman–Crippen MR) is 77.8 cm³/mol. The minimum Gasteiger partial charge on any atom is -0.494 e. The highest BCUT2D eigenvalue weighted by Crippen LogP contribution is 2.32. The molecule has 4 nitrogen and oxygen atoms in total. The lowest BCUT2D eigenvalue weighted by Crippen LogP contribution is -2.30. The van der Waals surface area contributed by atoms with Gasteiger partial charge in [0.15, 0.2) is 0 Å². The van der Waals surface area contributed by atoms with Gasteiger partial charge in [0.25, 0.3) is 0 Å². The molecule has 1 heterocycles. The lowest BCUT2D eigenvalue weighted by Gasteiger charge is -2.23. The van der Waals surface area contributed by atoms with Gasteiger partial charge in [-0.2, -0.15) is 0 Å². The van der Waals surface area contributed by atoms with Crippen LogP contribution in [-0.2, 0) is 9.53 Å². The Bertz CT molecular complexity index is 430. The Morgan fingerprint density at radius 3 is 2.65 bits per heavy atom. The van der Waals surface area contributed by atoms with Crippen LogP contribution in [0.25, 0.3) is 0 Å². The number of nitrogens with zero attached hydrogens (tertiary/aromatic N) is 1. The van der Waals surface area contributed by atoms with E-state index in [1.165, 1.54) is 5.56 Å². The second kappa shape index (κ2) is 7.29. The summed E-state index contributed by atoms with van der Waals surface area (Å²) in [6.07, 6.45) is 2.21. The van der Waals surface area contributed by atoms with Crippen LogP contribution >= 0.6 is 0 Å². The average Bonchev–Trinajstić information content (AvgIpc) is 2.88. The van der Waals surface area contributed by atoms with Crippen molar-refractivity contribution in [3.05, 3.63) is 29.8 Å². The molecule has 0 spiro atoms. The molecule has 1 fully saturated rings. The Kier molecular flexibility index (Phi) is 5.41. The third kappa shape index (κ3) is 3.73. The maximum Gasteiger partial charge on any atom is 0.320 e. The summed E-state index contributed by atoms with van der Waals surface area (Å²) >= 11 is 0. The fraction of sp³-hybridized carbons (Fsp3) is 0.562. The normalized spacial score (nSPS) is 19.0. The Balaban J connectivity index is 2.00. The maximum atomic E-state index is 11.6. The molecule has 20 heavy (non-hydrogen) atoms. The Hall–Kier alpha value is -1.55. The van der Waals surface area contributed by atoms with Gasteiger partial charge in [0.05, 0.1) is 19.8 Å². The summed E-state index contributed by atoms with van der Waals surface area (Å²) in [6, 6.07) is 8.51. The zero-order valence-electron chi connectivity index (χ0n) is 12.3. The quantitative estimate of drug-likeness (QED) is 0.750. The van der Waals surface area contributed by atoms with Gasteiger partial charge in [-0.1, -0.05) is 12.1 Å². The van der Waals surface area contributed by atoms with E-state index in [0.29, 0.717) is 25.8 Å². The summed E-state index contributed by atoms with van der Waals surface area (Å²) in [5.41, 5.74) is 1.25. The van der Waals surface area contributed by atoms with Crippen LogP contribution in [0.3, 0.4) is 0 Å². The van der Waals surface area contributed by atoms with E-state index in [0.717, 1.165) is 25.1 Å². The van der Waals surface area contributed by atoms with Crippen molar-refractivity contribution < 1.29 is 14.3 Å². The Morgan fingerprint density at radius 2 is 2.00 bits per heavy atom. The highest BCUT2D eigenvalue weighted by atomic mass is 16.5. The summed E-state index contributed by atoms with van der Waals surface area (Å²) in [5, 5.41) is 0. The van der Waals surface area contributed by atoms with Crippen LogP contribution in [0.1, 0.15) is 38.3 Å². The van der Waals surface area contributed by atoms with E-state index in [9.17, 15) is 4.79 Å². The molecule has 2 rings (SSSR count). The van der Waals surface area contributed by atoms with Crippen molar-refractivity contribution in [2.24, 2.45) is 0 Å². The molecule has 1 atom stereocenters. The van der Waals surface area contributed by atoms with Gasteiger partial charge in [0, 0.05) is 6.04 Å². The first kappa shape index (κ1) is 14.9. The topological polar surface area (TPSA) is 38.8 Å². The minimum atomic E-state index is -0.134. The van der Waals surface area contributed by atoms with Crippen molar-refractivity contribution in [3.8, 4) is 5.75 Å². The van der Waals surface area contributed by atoms with Crippen molar-refractivity contribution in [2.75, 3.05) is 26.3 Å². The van der Waals surface area contributed by atoms with Crippen LogP contribution in [0.4, 0.5) is 0 Å². The number of esters is 1. The number of hydrogen-bond donors (Lipinski definition) is 0. The van der Waals surface area contributed by atoms with Crippen LogP contribution in [0.2, 0.25) is 0 Å². The number of hydrogen-bond acceptors (Lipinski definition) is 4. The number of rotatable bonds is 6. The zero-order chi connectivity index (χ0) is 14.4. The largest absolute Gasteiger partial charge is 0.494 e. The molecule has 0 radical (unpaired) electrons. The van der Waals surface area contributed by atoms with Crippen molar-refractivity contribution >= 4 is 5.97 Å². The maximum absolute atomic E-state index is 11.6. The van der Waals surface area contributed by atoms with Gasteiger partial charge < -0.3 is 9.47 Å². The summed E-state index contributed by atoms with van der Waals surface area (Å²) in [4.78, 5) is 13.8. The lowest BCUT2D eigenvalue weighted by atomic mass is 10.0. The number of likely N-dealkylation sites (tertiary alicyclic amines) is 1. The molecule has 0 saturated carbocycles. The highest BCUT2D eigenvalue weighted by Gasteiger charge is 2.27. The first-order chi connectivity index (χ1) is 9.74. The van der Waals surface area contributed by atoms with Crippen LogP contribution < -0.4 is 4.74 Å². The fourth-order valence-corrected chi connectivity index (χ4v) is 2.72. The van der Waals surface area contributed by atoms with Crippen LogP contribution in [0.15, 0.2) is 24.3 Å². The average molecular weight is 277 g/mol. The molecule has 0 amide bonds. The van der Waals surface area contributed by atoms with Crippen molar-refractivity contribution in [2.45, 2.75) is 32.7 Å². The molecular formula is C16H23NO3. The first-order valence-corrected chi connectivity index (χ1v) is 7.37. The molecule has 1 unspecified atom stereocenters. The Morgan fingerprint density at radius 1 is 1.25 bits per heavy atom. The molecule has 4 heteroatoms. The summed E-state index contributed by atoms with van der Waals surface area (Å²) < 4.78 is 10.5. The van der Waals surface area contributed by atoms with Gasteiger partial charge >= 0.3 is 5.97 Å².